The van der Waals surface area contributed by atoms with Crippen LogP contribution >= 0.6 is 11.6 Å². The van der Waals surface area contributed by atoms with Gasteiger partial charge < -0.3 is 9.47 Å². The maximum atomic E-state index is 13.1. The Kier molecular flexibility index (Phi) is 7.86. The van der Waals surface area contributed by atoms with E-state index in [2.05, 4.69) is 0 Å². The molecule has 1 aromatic rings. The lowest BCUT2D eigenvalue weighted by Gasteiger charge is -2.38. The molecule has 1 saturated carbocycles. The van der Waals surface area contributed by atoms with Crippen molar-refractivity contribution in [3.05, 3.63) is 41.3 Å². The number of amides is 1. The summed E-state index contributed by atoms with van der Waals surface area (Å²) in [5, 5.41) is 0.904. The van der Waals surface area contributed by atoms with E-state index in [-0.39, 0.29) is 17.4 Å². The quantitative estimate of drug-likeness (QED) is 0.382. The number of ether oxygens (including phenoxy) is 2. The van der Waals surface area contributed by atoms with Crippen molar-refractivity contribution in [2.75, 3.05) is 6.61 Å². The maximum absolute atomic E-state index is 13.1. The molecule has 3 rings (SSSR count). The Labute approximate surface area is 203 Å². The Hall–Kier alpha value is -1.57. The molecule has 0 unspecified atom stereocenters. The summed E-state index contributed by atoms with van der Waals surface area (Å²) in [6.45, 7) is 9.39. The minimum Gasteiger partial charge on any atom is -0.444 e. The van der Waals surface area contributed by atoms with Crippen LogP contribution in [0.1, 0.15) is 66.7 Å². The van der Waals surface area contributed by atoms with Crippen LogP contribution in [0.4, 0.5) is 4.79 Å². The Morgan fingerprint density at radius 1 is 1.21 bits per heavy atom. The Morgan fingerprint density at radius 3 is 2.52 bits per heavy atom. The normalized spacial score (nSPS) is 26.1. The number of sulfone groups is 1. The molecule has 8 heteroatoms. The summed E-state index contributed by atoms with van der Waals surface area (Å²) in [4.78, 5) is 15.0. The number of rotatable bonds is 4. The van der Waals surface area contributed by atoms with Crippen molar-refractivity contribution in [2.24, 2.45) is 5.92 Å². The van der Waals surface area contributed by atoms with Crippen LogP contribution in [0, 0.1) is 5.92 Å². The summed E-state index contributed by atoms with van der Waals surface area (Å²) in [5.41, 5.74) is -0.699. The highest BCUT2D eigenvalue weighted by molar-refractivity contribution is 7.94. The molecule has 1 aromatic carbocycles. The number of carbonyl (C=O) groups excluding carboxylic acids is 1. The molecular weight excluding hydrogens is 462 g/mol. The van der Waals surface area contributed by atoms with Crippen molar-refractivity contribution < 1.29 is 22.7 Å². The molecule has 0 bridgehead atoms. The predicted octanol–water partition coefficient (Wildman–Crippen LogP) is 5.90. The average Bonchev–Trinajstić information content (AvgIpc) is 2.87. The SMILES string of the molecule is CC(C)(C)OC(=O)N1[C@@H]([C@H](Cl)[C@@H]2CCCCC/C2=C\S(=O)(=O)c2ccccc2)COC1(C)C. The van der Waals surface area contributed by atoms with Crippen molar-refractivity contribution in [1.29, 1.82) is 0 Å². The number of nitrogens with zero attached hydrogens (tertiary/aromatic N) is 1. The van der Waals surface area contributed by atoms with E-state index in [1.165, 1.54) is 5.41 Å². The smallest absolute Gasteiger partial charge is 0.412 e. The van der Waals surface area contributed by atoms with Gasteiger partial charge >= 0.3 is 6.09 Å². The summed E-state index contributed by atoms with van der Waals surface area (Å²) >= 11 is 7.08. The number of allylic oxidation sites excluding steroid dienone is 1. The molecular formula is C25H36ClNO5S. The van der Waals surface area contributed by atoms with Gasteiger partial charge in [0, 0.05) is 5.41 Å². The standard InChI is InChI=1S/C25H36ClNO5S/c1-24(2,3)32-23(28)27-21(16-31-25(27,4)5)22(26)20-15-11-6-8-12-18(20)17-33(29,30)19-13-9-7-10-14-19/h7,9-10,13-14,17,20-22H,6,8,11-12,15-16H2,1-5H3/b18-17+/t20-,21-,22-/m1/s1. The van der Waals surface area contributed by atoms with Crippen LogP contribution < -0.4 is 0 Å². The molecule has 1 aliphatic heterocycles. The van der Waals surface area contributed by atoms with E-state index >= 15 is 0 Å². The molecule has 184 valence electrons. The van der Waals surface area contributed by atoms with E-state index in [1.54, 1.807) is 35.2 Å². The first-order valence-corrected chi connectivity index (χ1v) is 13.6. The zero-order valence-electron chi connectivity index (χ0n) is 20.2. The lowest BCUT2D eigenvalue weighted by molar-refractivity contribution is -0.0628. The van der Waals surface area contributed by atoms with Gasteiger partial charge in [-0.3, -0.25) is 4.90 Å². The van der Waals surface area contributed by atoms with Crippen molar-refractivity contribution in [2.45, 2.75) is 94.4 Å². The van der Waals surface area contributed by atoms with E-state index in [4.69, 9.17) is 21.1 Å². The van der Waals surface area contributed by atoms with Crippen LogP contribution in [0.5, 0.6) is 0 Å². The molecule has 0 aromatic heterocycles. The summed E-state index contributed by atoms with van der Waals surface area (Å²) in [5.74, 6) is -0.180. The third-order valence-electron chi connectivity index (χ3n) is 6.20. The summed E-state index contributed by atoms with van der Waals surface area (Å²) < 4.78 is 37.8. The molecule has 1 saturated heterocycles. The highest BCUT2D eigenvalue weighted by atomic mass is 35.5. The molecule has 33 heavy (non-hydrogen) atoms. The molecule has 1 aliphatic carbocycles. The summed E-state index contributed by atoms with van der Waals surface area (Å²) in [6.07, 6.45) is 3.85. The molecule has 0 spiro atoms. The number of hydrogen-bond acceptors (Lipinski definition) is 5. The van der Waals surface area contributed by atoms with Crippen LogP contribution in [0.15, 0.2) is 46.2 Å². The number of halogens is 1. The fraction of sp³-hybridized carbons (Fsp3) is 0.640. The van der Waals surface area contributed by atoms with E-state index in [0.717, 1.165) is 31.3 Å². The van der Waals surface area contributed by atoms with Crippen molar-refractivity contribution in [3.8, 4) is 0 Å². The first-order valence-electron chi connectivity index (χ1n) is 11.6. The maximum Gasteiger partial charge on any atom is 0.412 e. The van der Waals surface area contributed by atoms with Crippen molar-refractivity contribution >= 4 is 27.5 Å². The van der Waals surface area contributed by atoms with E-state index < -0.39 is 38.7 Å². The minimum absolute atomic E-state index is 0.180. The van der Waals surface area contributed by atoms with E-state index in [1.807, 2.05) is 34.6 Å². The van der Waals surface area contributed by atoms with Crippen LogP contribution in [0.3, 0.4) is 0 Å². The largest absolute Gasteiger partial charge is 0.444 e. The van der Waals surface area contributed by atoms with Gasteiger partial charge in [-0.15, -0.1) is 11.6 Å². The van der Waals surface area contributed by atoms with Gasteiger partial charge in [-0.2, -0.15) is 0 Å². The van der Waals surface area contributed by atoms with Crippen LogP contribution in [-0.4, -0.2) is 48.8 Å². The van der Waals surface area contributed by atoms with Crippen LogP contribution in [0.25, 0.3) is 0 Å². The predicted molar refractivity (Wildman–Crippen MR) is 130 cm³/mol. The molecule has 1 heterocycles. The number of hydrogen-bond donors (Lipinski definition) is 0. The average molecular weight is 498 g/mol. The third kappa shape index (κ3) is 6.31. The van der Waals surface area contributed by atoms with Gasteiger partial charge in [-0.05, 0) is 71.9 Å². The lowest BCUT2D eigenvalue weighted by Crippen LogP contribution is -2.53. The summed E-state index contributed by atoms with van der Waals surface area (Å²) in [7, 11) is -3.60. The molecule has 3 atom stereocenters. The second kappa shape index (κ2) is 9.96. The van der Waals surface area contributed by atoms with Gasteiger partial charge in [-0.1, -0.05) is 36.6 Å². The molecule has 1 amide bonds. The fourth-order valence-electron chi connectivity index (χ4n) is 4.63. The second-order valence-electron chi connectivity index (χ2n) is 10.4. The number of benzene rings is 1. The van der Waals surface area contributed by atoms with E-state index in [0.29, 0.717) is 6.42 Å². The summed E-state index contributed by atoms with van der Waals surface area (Å²) in [6, 6.07) is 8.01. The van der Waals surface area contributed by atoms with Gasteiger partial charge in [-0.25, -0.2) is 13.2 Å². The molecule has 0 N–H and O–H groups in total. The first kappa shape index (κ1) is 26.0. The van der Waals surface area contributed by atoms with Gasteiger partial charge in [0.05, 0.1) is 22.9 Å². The minimum atomic E-state index is -3.60. The zero-order valence-corrected chi connectivity index (χ0v) is 21.8. The topological polar surface area (TPSA) is 72.9 Å². The van der Waals surface area contributed by atoms with Crippen molar-refractivity contribution in [1.82, 2.24) is 4.90 Å². The number of carbonyl (C=O) groups is 1. The van der Waals surface area contributed by atoms with Gasteiger partial charge in [0.1, 0.15) is 11.3 Å². The fourth-order valence-corrected chi connectivity index (χ4v) is 6.47. The Balaban J connectivity index is 1.93. The second-order valence-corrected chi connectivity index (χ2v) is 12.7. The third-order valence-corrected chi connectivity index (χ3v) is 8.33. The van der Waals surface area contributed by atoms with Crippen LogP contribution in [-0.2, 0) is 19.3 Å². The molecule has 6 nitrogen and oxygen atoms in total. The monoisotopic (exact) mass is 497 g/mol. The highest BCUT2D eigenvalue weighted by Gasteiger charge is 2.50. The van der Waals surface area contributed by atoms with Crippen LogP contribution in [0.2, 0.25) is 0 Å². The molecule has 0 radical (unpaired) electrons. The van der Waals surface area contributed by atoms with Crippen molar-refractivity contribution in [3.63, 3.8) is 0 Å². The highest BCUT2D eigenvalue weighted by Crippen LogP contribution is 2.41. The van der Waals surface area contributed by atoms with Gasteiger partial charge in [0.25, 0.3) is 0 Å². The van der Waals surface area contributed by atoms with E-state index in [9.17, 15) is 13.2 Å². The molecule has 2 aliphatic rings. The van der Waals surface area contributed by atoms with Gasteiger partial charge in [0.15, 0.2) is 9.84 Å². The Morgan fingerprint density at radius 2 is 1.88 bits per heavy atom. The zero-order chi connectivity index (χ0) is 24.4. The Bertz CT molecular complexity index is 968. The lowest BCUT2D eigenvalue weighted by atomic mass is 9.88. The first-order chi connectivity index (χ1) is 15.3. The molecule has 2 fully saturated rings. The number of alkyl halides is 1. The van der Waals surface area contributed by atoms with Gasteiger partial charge in [0.2, 0.25) is 0 Å².